The highest BCUT2D eigenvalue weighted by atomic mass is 35.5. The zero-order chi connectivity index (χ0) is 15.2. The number of carbonyl (C=O) groups excluding carboxylic acids is 1. The van der Waals surface area contributed by atoms with Gasteiger partial charge in [-0.1, -0.05) is 23.4 Å². The summed E-state index contributed by atoms with van der Waals surface area (Å²) in [5.74, 6) is 5.65. The molecule has 0 atom stereocenters. The Morgan fingerprint density at radius 3 is 3.05 bits per heavy atom. The summed E-state index contributed by atoms with van der Waals surface area (Å²) < 4.78 is 1.82. The van der Waals surface area contributed by atoms with Crippen molar-refractivity contribution < 1.29 is 4.79 Å². The van der Waals surface area contributed by atoms with E-state index < -0.39 is 0 Å². The second-order valence-corrected chi connectivity index (χ2v) is 5.89. The number of amides is 1. The lowest BCUT2D eigenvalue weighted by Crippen LogP contribution is -2.24. The lowest BCUT2D eigenvalue weighted by Gasteiger charge is -2.06. The van der Waals surface area contributed by atoms with Gasteiger partial charge in [0.25, 0.3) is 5.91 Å². The fraction of sp³-hybridized carbons (Fsp3) is 0.267. The van der Waals surface area contributed by atoms with Crippen molar-refractivity contribution in [1.29, 1.82) is 0 Å². The Morgan fingerprint density at radius 1 is 1.52 bits per heavy atom. The number of nitrogens with one attached hydrogen (secondary N) is 1. The van der Waals surface area contributed by atoms with Gasteiger partial charge in [0.1, 0.15) is 5.69 Å². The van der Waals surface area contributed by atoms with Gasteiger partial charge in [-0.2, -0.15) is 0 Å². The highest BCUT2D eigenvalue weighted by molar-refractivity contribution is 7.12. The van der Waals surface area contributed by atoms with Crippen LogP contribution in [0.5, 0.6) is 0 Å². The van der Waals surface area contributed by atoms with Gasteiger partial charge in [-0.15, -0.1) is 11.3 Å². The van der Waals surface area contributed by atoms with Crippen molar-refractivity contribution in [2.45, 2.75) is 20.0 Å². The molecule has 0 spiro atoms. The second kappa shape index (κ2) is 7.32. The summed E-state index contributed by atoms with van der Waals surface area (Å²) >= 11 is 7.48. The average Bonchev–Trinajstić information content (AvgIpc) is 3.08. The summed E-state index contributed by atoms with van der Waals surface area (Å²) in [5, 5.41) is 3.46. The molecule has 0 aromatic carbocycles. The first kappa shape index (κ1) is 15.6. The first-order chi connectivity index (χ1) is 10.1. The van der Waals surface area contributed by atoms with E-state index in [2.05, 4.69) is 17.2 Å². The van der Waals surface area contributed by atoms with Crippen molar-refractivity contribution >= 4 is 28.8 Å². The largest absolute Gasteiger partial charge is 0.346 e. The van der Waals surface area contributed by atoms with Crippen molar-refractivity contribution in [3.8, 4) is 11.8 Å². The van der Waals surface area contributed by atoms with Gasteiger partial charge in [0, 0.05) is 17.6 Å². The third-order valence-corrected chi connectivity index (χ3v) is 4.04. The number of nitrogens with two attached hydrogens (primary N) is 1. The predicted octanol–water partition coefficient (Wildman–Crippen LogP) is 2.46. The summed E-state index contributed by atoms with van der Waals surface area (Å²) in [5.41, 5.74) is 5.91. The van der Waals surface area contributed by atoms with Crippen LogP contribution in [0, 0.1) is 11.8 Å². The molecule has 4 nitrogen and oxygen atoms in total. The molecule has 6 heteroatoms. The maximum Gasteiger partial charge on any atom is 0.268 e. The Bertz CT molecular complexity index is 693. The SMILES string of the molecule is CCn1cc(Cl)cc1C(=O)NCc1ccc(C#CCN)s1. The normalized spacial score (nSPS) is 10.0. The number of halogens is 1. The number of carbonyl (C=O) groups is 1. The summed E-state index contributed by atoms with van der Waals surface area (Å²) in [7, 11) is 0. The lowest BCUT2D eigenvalue weighted by molar-refractivity contribution is 0.0942. The number of aryl methyl sites for hydroxylation is 1. The second-order valence-electron chi connectivity index (χ2n) is 4.28. The van der Waals surface area contributed by atoms with E-state index in [0.717, 1.165) is 9.75 Å². The van der Waals surface area contributed by atoms with Crippen LogP contribution in [0.4, 0.5) is 0 Å². The highest BCUT2D eigenvalue weighted by Crippen LogP contribution is 2.17. The molecule has 0 saturated carbocycles. The standard InChI is InChI=1S/C15H16ClN3OS/c1-2-19-10-11(16)8-14(19)15(20)18-9-13-6-5-12(21-13)4-3-7-17/h5-6,8,10H,2,7,9,17H2,1H3,(H,18,20). The molecule has 21 heavy (non-hydrogen) atoms. The first-order valence-electron chi connectivity index (χ1n) is 6.55. The van der Waals surface area contributed by atoms with E-state index in [1.165, 1.54) is 0 Å². The van der Waals surface area contributed by atoms with Crippen LogP contribution in [-0.4, -0.2) is 17.0 Å². The molecule has 110 valence electrons. The number of nitrogens with zero attached hydrogens (tertiary/aromatic N) is 1. The van der Waals surface area contributed by atoms with Gasteiger partial charge in [0.15, 0.2) is 0 Å². The molecule has 2 rings (SSSR count). The molecule has 0 aliphatic rings. The topological polar surface area (TPSA) is 60.0 Å². The molecule has 1 amide bonds. The first-order valence-corrected chi connectivity index (χ1v) is 7.75. The third-order valence-electron chi connectivity index (χ3n) is 2.84. The van der Waals surface area contributed by atoms with Gasteiger partial charge in [0.05, 0.1) is 23.0 Å². The van der Waals surface area contributed by atoms with E-state index in [1.807, 2.05) is 23.6 Å². The minimum absolute atomic E-state index is 0.133. The smallest absolute Gasteiger partial charge is 0.268 e. The lowest BCUT2D eigenvalue weighted by atomic mass is 10.3. The van der Waals surface area contributed by atoms with Gasteiger partial charge in [-0.05, 0) is 25.1 Å². The van der Waals surface area contributed by atoms with Gasteiger partial charge < -0.3 is 15.6 Å². The monoisotopic (exact) mass is 321 g/mol. The van der Waals surface area contributed by atoms with Crippen LogP contribution in [0.3, 0.4) is 0 Å². The molecule has 0 bridgehead atoms. The van der Waals surface area contributed by atoms with Crippen LogP contribution in [0.2, 0.25) is 5.02 Å². The molecule has 0 aliphatic carbocycles. The third kappa shape index (κ3) is 4.11. The molecule has 0 aliphatic heterocycles. The number of hydrogen-bond donors (Lipinski definition) is 2. The molecular formula is C15H16ClN3OS. The van der Waals surface area contributed by atoms with E-state index in [4.69, 9.17) is 17.3 Å². The number of rotatable bonds is 4. The fourth-order valence-electron chi connectivity index (χ4n) is 1.86. The van der Waals surface area contributed by atoms with Crippen molar-refractivity contribution in [3.05, 3.63) is 44.9 Å². The van der Waals surface area contributed by atoms with Crippen LogP contribution in [-0.2, 0) is 13.1 Å². The number of hydrogen-bond acceptors (Lipinski definition) is 3. The summed E-state index contributed by atoms with van der Waals surface area (Å²) in [4.78, 5) is 14.2. The molecule has 0 unspecified atom stereocenters. The summed E-state index contributed by atoms with van der Waals surface area (Å²) in [6.07, 6.45) is 1.75. The Labute approximate surface area is 132 Å². The van der Waals surface area contributed by atoms with Crippen LogP contribution in [0.15, 0.2) is 24.4 Å². The molecule has 0 fully saturated rings. The Balaban J connectivity index is 1.99. The minimum Gasteiger partial charge on any atom is -0.346 e. The highest BCUT2D eigenvalue weighted by Gasteiger charge is 2.12. The molecule has 2 heterocycles. The molecule has 0 saturated heterocycles. The van der Waals surface area contributed by atoms with Crippen molar-refractivity contribution in [2.75, 3.05) is 6.54 Å². The van der Waals surface area contributed by atoms with E-state index in [-0.39, 0.29) is 5.91 Å². The Hall–Kier alpha value is -1.74. The van der Waals surface area contributed by atoms with Crippen molar-refractivity contribution in [2.24, 2.45) is 5.73 Å². The molecule has 0 radical (unpaired) electrons. The van der Waals surface area contributed by atoms with Crippen LogP contribution in [0.25, 0.3) is 0 Å². The van der Waals surface area contributed by atoms with Crippen molar-refractivity contribution in [3.63, 3.8) is 0 Å². The average molecular weight is 322 g/mol. The maximum atomic E-state index is 12.2. The quantitative estimate of drug-likeness (QED) is 0.850. The van der Waals surface area contributed by atoms with Gasteiger partial charge >= 0.3 is 0 Å². The zero-order valence-corrected chi connectivity index (χ0v) is 13.2. The molecule has 2 aromatic rings. The minimum atomic E-state index is -0.133. The van der Waals surface area contributed by atoms with Gasteiger partial charge in [0.2, 0.25) is 0 Å². The van der Waals surface area contributed by atoms with Gasteiger partial charge in [-0.25, -0.2) is 0 Å². The molecular weight excluding hydrogens is 306 g/mol. The Morgan fingerprint density at radius 2 is 2.33 bits per heavy atom. The Kier molecular flexibility index (Phi) is 5.45. The fourth-order valence-corrected chi connectivity index (χ4v) is 2.91. The zero-order valence-electron chi connectivity index (χ0n) is 11.6. The van der Waals surface area contributed by atoms with E-state index in [9.17, 15) is 4.79 Å². The van der Waals surface area contributed by atoms with E-state index in [1.54, 1.807) is 23.6 Å². The van der Waals surface area contributed by atoms with E-state index >= 15 is 0 Å². The number of aromatic nitrogens is 1. The molecule has 2 aromatic heterocycles. The summed E-state index contributed by atoms with van der Waals surface area (Å²) in [6.45, 7) is 3.49. The van der Waals surface area contributed by atoms with Crippen molar-refractivity contribution in [1.82, 2.24) is 9.88 Å². The van der Waals surface area contributed by atoms with Crippen LogP contribution < -0.4 is 11.1 Å². The van der Waals surface area contributed by atoms with Crippen LogP contribution in [0.1, 0.15) is 27.2 Å². The summed E-state index contributed by atoms with van der Waals surface area (Å²) in [6, 6.07) is 5.56. The molecule has 3 N–H and O–H groups in total. The van der Waals surface area contributed by atoms with Gasteiger partial charge in [-0.3, -0.25) is 4.79 Å². The maximum absolute atomic E-state index is 12.2. The number of thiophene rings is 1. The van der Waals surface area contributed by atoms with E-state index in [0.29, 0.717) is 30.4 Å². The predicted molar refractivity (Wildman–Crippen MR) is 86.5 cm³/mol. The van der Waals surface area contributed by atoms with Crippen LogP contribution >= 0.6 is 22.9 Å².